The molecule has 108 valence electrons. The van der Waals surface area contributed by atoms with Crippen LogP contribution in [-0.2, 0) is 0 Å². The normalized spacial score (nSPS) is 14.7. The van der Waals surface area contributed by atoms with Crippen LogP contribution in [0, 0.1) is 17.6 Å². The summed E-state index contributed by atoms with van der Waals surface area (Å²) in [4.78, 5) is 0. The summed E-state index contributed by atoms with van der Waals surface area (Å²) in [5.74, 6) is -0.905. The Bertz CT molecular complexity index is 373. The van der Waals surface area contributed by atoms with Crippen molar-refractivity contribution in [1.82, 2.24) is 5.32 Å². The molecule has 19 heavy (non-hydrogen) atoms. The van der Waals surface area contributed by atoms with Gasteiger partial charge >= 0.3 is 0 Å². The van der Waals surface area contributed by atoms with E-state index in [-0.39, 0.29) is 12.0 Å². The molecular weight excluding hydrogens is 248 g/mol. The lowest BCUT2D eigenvalue weighted by atomic mass is 9.96. The molecule has 0 spiro atoms. The van der Waals surface area contributed by atoms with Gasteiger partial charge in [0.15, 0.2) is 0 Å². The molecule has 0 bridgehead atoms. The molecule has 0 saturated carbocycles. The molecular formula is C15H23F2NO. The molecule has 2 unspecified atom stereocenters. The molecule has 1 rings (SSSR count). The second-order valence-electron chi connectivity index (χ2n) is 4.98. The summed E-state index contributed by atoms with van der Waals surface area (Å²) in [6.45, 7) is 6.34. The van der Waals surface area contributed by atoms with Crippen LogP contribution in [0.15, 0.2) is 18.2 Å². The maximum atomic E-state index is 13.1. The SMILES string of the molecule is CCC(CC)C(O)CNC(C)c1cc(F)cc(F)c1. The van der Waals surface area contributed by atoms with E-state index in [1.807, 2.05) is 20.8 Å². The van der Waals surface area contributed by atoms with E-state index in [2.05, 4.69) is 5.32 Å². The van der Waals surface area contributed by atoms with Crippen LogP contribution in [0.25, 0.3) is 0 Å². The molecule has 2 atom stereocenters. The summed E-state index contributed by atoms with van der Waals surface area (Å²) in [7, 11) is 0. The molecule has 4 heteroatoms. The van der Waals surface area contributed by atoms with Crippen molar-refractivity contribution < 1.29 is 13.9 Å². The van der Waals surface area contributed by atoms with Crippen molar-refractivity contribution in [1.29, 1.82) is 0 Å². The van der Waals surface area contributed by atoms with Gasteiger partial charge in [0.25, 0.3) is 0 Å². The number of rotatable bonds is 7. The average molecular weight is 271 g/mol. The van der Waals surface area contributed by atoms with Gasteiger partial charge in [-0.05, 0) is 30.5 Å². The molecule has 0 fully saturated rings. The molecule has 1 aromatic rings. The Morgan fingerprint density at radius 1 is 1.11 bits per heavy atom. The van der Waals surface area contributed by atoms with Gasteiger partial charge < -0.3 is 10.4 Å². The van der Waals surface area contributed by atoms with Gasteiger partial charge in [-0.1, -0.05) is 26.7 Å². The second kappa shape index (κ2) is 7.56. The van der Waals surface area contributed by atoms with E-state index >= 15 is 0 Å². The molecule has 0 saturated heterocycles. The van der Waals surface area contributed by atoms with E-state index in [4.69, 9.17) is 0 Å². The smallest absolute Gasteiger partial charge is 0.126 e. The van der Waals surface area contributed by atoms with Crippen LogP contribution in [0.3, 0.4) is 0 Å². The number of nitrogens with one attached hydrogen (secondary N) is 1. The maximum absolute atomic E-state index is 13.1. The molecule has 0 radical (unpaired) electrons. The number of aliphatic hydroxyl groups excluding tert-OH is 1. The van der Waals surface area contributed by atoms with E-state index in [1.165, 1.54) is 12.1 Å². The third kappa shape index (κ3) is 4.88. The summed E-state index contributed by atoms with van der Waals surface area (Å²) >= 11 is 0. The van der Waals surface area contributed by atoms with Crippen LogP contribution < -0.4 is 5.32 Å². The lowest BCUT2D eigenvalue weighted by Gasteiger charge is -2.23. The number of hydrogen-bond acceptors (Lipinski definition) is 2. The van der Waals surface area contributed by atoms with Crippen LogP contribution >= 0.6 is 0 Å². The number of aliphatic hydroxyl groups is 1. The van der Waals surface area contributed by atoms with Gasteiger partial charge in [0.05, 0.1) is 6.10 Å². The van der Waals surface area contributed by atoms with Crippen molar-refractivity contribution in [2.45, 2.75) is 45.8 Å². The summed E-state index contributed by atoms with van der Waals surface area (Å²) in [6.07, 6.45) is 1.40. The fraction of sp³-hybridized carbons (Fsp3) is 0.600. The van der Waals surface area contributed by atoms with Gasteiger partial charge in [0.2, 0.25) is 0 Å². The minimum Gasteiger partial charge on any atom is -0.392 e. The fourth-order valence-corrected chi connectivity index (χ4v) is 2.24. The third-order valence-corrected chi connectivity index (χ3v) is 3.61. The molecule has 2 N–H and O–H groups in total. The topological polar surface area (TPSA) is 32.3 Å². The predicted molar refractivity (Wildman–Crippen MR) is 72.9 cm³/mol. The van der Waals surface area contributed by atoms with Crippen molar-refractivity contribution in [2.75, 3.05) is 6.54 Å². The Balaban J connectivity index is 2.57. The first-order chi connectivity index (χ1) is 8.97. The van der Waals surface area contributed by atoms with E-state index in [0.717, 1.165) is 18.9 Å². The minimum atomic E-state index is -0.579. The molecule has 0 aliphatic carbocycles. The van der Waals surface area contributed by atoms with Gasteiger partial charge in [0.1, 0.15) is 11.6 Å². The summed E-state index contributed by atoms with van der Waals surface area (Å²) < 4.78 is 26.2. The van der Waals surface area contributed by atoms with Crippen molar-refractivity contribution in [3.05, 3.63) is 35.4 Å². The zero-order valence-corrected chi connectivity index (χ0v) is 11.8. The first kappa shape index (κ1) is 16.1. The van der Waals surface area contributed by atoms with Gasteiger partial charge in [-0.3, -0.25) is 0 Å². The molecule has 0 heterocycles. The van der Waals surface area contributed by atoms with Crippen LogP contribution in [0.2, 0.25) is 0 Å². The standard InChI is InChI=1S/C15H23F2NO/c1-4-11(5-2)15(19)9-18-10(3)12-6-13(16)8-14(17)7-12/h6-8,10-11,15,18-19H,4-5,9H2,1-3H3. The predicted octanol–water partition coefficient (Wildman–Crippen LogP) is 3.41. The minimum absolute atomic E-state index is 0.200. The molecule has 0 aliphatic rings. The molecule has 0 aromatic heterocycles. The quantitative estimate of drug-likeness (QED) is 0.796. The zero-order valence-electron chi connectivity index (χ0n) is 11.8. The number of benzene rings is 1. The van der Waals surface area contributed by atoms with Crippen molar-refractivity contribution >= 4 is 0 Å². The fourth-order valence-electron chi connectivity index (χ4n) is 2.24. The highest BCUT2D eigenvalue weighted by Crippen LogP contribution is 2.17. The third-order valence-electron chi connectivity index (χ3n) is 3.61. The number of hydrogen-bond donors (Lipinski definition) is 2. The average Bonchev–Trinajstić information content (AvgIpc) is 2.36. The molecule has 0 amide bonds. The van der Waals surface area contributed by atoms with E-state index in [9.17, 15) is 13.9 Å². The molecule has 2 nitrogen and oxygen atoms in total. The van der Waals surface area contributed by atoms with Gasteiger partial charge in [-0.15, -0.1) is 0 Å². The second-order valence-corrected chi connectivity index (χ2v) is 4.98. The zero-order chi connectivity index (χ0) is 14.4. The van der Waals surface area contributed by atoms with E-state index < -0.39 is 17.7 Å². The Morgan fingerprint density at radius 3 is 2.11 bits per heavy atom. The first-order valence-corrected chi connectivity index (χ1v) is 6.85. The molecule has 1 aromatic carbocycles. The van der Waals surface area contributed by atoms with Gasteiger partial charge in [-0.25, -0.2) is 8.78 Å². The van der Waals surface area contributed by atoms with Crippen molar-refractivity contribution in [3.8, 4) is 0 Å². The molecule has 0 aliphatic heterocycles. The van der Waals surface area contributed by atoms with Crippen LogP contribution in [0.4, 0.5) is 8.78 Å². The highest BCUT2D eigenvalue weighted by atomic mass is 19.1. The van der Waals surface area contributed by atoms with Crippen LogP contribution in [-0.4, -0.2) is 17.8 Å². The monoisotopic (exact) mass is 271 g/mol. The summed E-state index contributed by atoms with van der Waals surface area (Å²) in [5.41, 5.74) is 0.550. The summed E-state index contributed by atoms with van der Waals surface area (Å²) in [5, 5.41) is 13.1. The van der Waals surface area contributed by atoms with Crippen LogP contribution in [0.1, 0.15) is 45.2 Å². The highest BCUT2D eigenvalue weighted by Gasteiger charge is 2.16. The Hall–Kier alpha value is -1.00. The number of halogens is 2. The Morgan fingerprint density at radius 2 is 1.63 bits per heavy atom. The highest BCUT2D eigenvalue weighted by molar-refractivity contribution is 5.20. The summed E-state index contributed by atoms with van der Waals surface area (Å²) in [6, 6.07) is 3.28. The lowest BCUT2D eigenvalue weighted by molar-refractivity contribution is 0.0989. The van der Waals surface area contributed by atoms with E-state index in [0.29, 0.717) is 12.1 Å². The van der Waals surface area contributed by atoms with Crippen LogP contribution in [0.5, 0.6) is 0 Å². The largest absolute Gasteiger partial charge is 0.392 e. The van der Waals surface area contributed by atoms with Gasteiger partial charge in [0, 0.05) is 18.7 Å². The van der Waals surface area contributed by atoms with Crippen molar-refractivity contribution in [3.63, 3.8) is 0 Å². The van der Waals surface area contributed by atoms with Gasteiger partial charge in [-0.2, -0.15) is 0 Å². The van der Waals surface area contributed by atoms with Crippen molar-refractivity contribution in [2.24, 2.45) is 5.92 Å². The Kier molecular flexibility index (Phi) is 6.38. The first-order valence-electron chi connectivity index (χ1n) is 6.85. The lowest BCUT2D eigenvalue weighted by Crippen LogP contribution is -2.34. The van der Waals surface area contributed by atoms with E-state index in [1.54, 1.807) is 0 Å². The Labute approximate surface area is 113 Å². The maximum Gasteiger partial charge on any atom is 0.126 e.